The summed E-state index contributed by atoms with van der Waals surface area (Å²) in [6, 6.07) is 12.3. The zero-order valence-corrected chi connectivity index (χ0v) is 26.9. The van der Waals surface area contributed by atoms with Crippen LogP contribution in [0.5, 0.6) is 0 Å². The Bertz CT molecular complexity index is 1140. The van der Waals surface area contributed by atoms with E-state index in [1.807, 2.05) is 62.7 Å². The van der Waals surface area contributed by atoms with Gasteiger partial charge in [-0.2, -0.15) is 4.98 Å². The van der Waals surface area contributed by atoms with Gasteiger partial charge in [-0.25, -0.2) is 4.98 Å². The van der Waals surface area contributed by atoms with E-state index in [9.17, 15) is 0 Å². The first-order valence-electron chi connectivity index (χ1n) is 14.2. The lowest BCUT2D eigenvalue weighted by atomic mass is 10.1. The van der Waals surface area contributed by atoms with Crippen molar-refractivity contribution >= 4 is 36.8 Å². The van der Waals surface area contributed by atoms with Gasteiger partial charge in [0.2, 0.25) is 5.28 Å². The summed E-state index contributed by atoms with van der Waals surface area (Å²) in [4.78, 5) is 8.96. The summed E-state index contributed by atoms with van der Waals surface area (Å²) in [5, 5.41) is 20.7. The van der Waals surface area contributed by atoms with Gasteiger partial charge in [0.05, 0.1) is 31.3 Å². The number of hydrogen-bond acceptors (Lipinski definition) is 9. The number of fused-ring (bicyclic) bond motifs is 1. The van der Waals surface area contributed by atoms with Crippen LogP contribution in [0.1, 0.15) is 79.1 Å². The third-order valence-electron chi connectivity index (χ3n) is 5.64. The highest BCUT2D eigenvalue weighted by Crippen LogP contribution is 2.39. The molecule has 1 aliphatic rings. The molecule has 3 N–H and O–H groups in total. The molecule has 1 aliphatic heterocycles. The van der Waals surface area contributed by atoms with Gasteiger partial charge in [0, 0.05) is 12.2 Å². The molecule has 0 amide bonds. The van der Waals surface area contributed by atoms with Crippen LogP contribution in [0.25, 0.3) is 11.0 Å². The molecule has 3 heterocycles. The van der Waals surface area contributed by atoms with E-state index >= 15 is 0 Å². The number of halogens is 1. The third-order valence-corrected chi connectivity index (χ3v) is 7.29. The van der Waals surface area contributed by atoms with Crippen molar-refractivity contribution in [3.63, 3.8) is 0 Å². The first-order chi connectivity index (χ1) is 19.6. The maximum atomic E-state index is 8.08. The van der Waals surface area contributed by atoms with Crippen LogP contribution in [-0.4, -0.2) is 62.8 Å². The molecule has 12 heteroatoms. The second-order valence-corrected chi connectivity index (χ2v) is 11.3. The number of rotatable bonds is 12. The summed E-state index contributed by atoms with van der Waals surface area (Å²) in [6.07, 6.45) is 4.10. The smallest absolute Gasteiger partial charge is 0.226 e. The molecular formula is C29H46ClN4O6P. The number of ether oxygens (including phenoxy) is 2. The maximum absolute atomic E-state index is 8.08. The van der Waals surface area contributed by atoms with Crippen molar-refractivity contribution in [3.05, 3.63) is 53.4 Å². The van der Waals surface area contributed by atoms with Gasteiger partial charge in [0.25, 0.3) is 0 Å². The highest BCUT2D eigenvalue weighted by molar-refractivity contribution is 7.47. The third kappa shape index (κ3) is 12.1. The topological polar surface area (TPSA) is 120 Å². The van der Waals surface area contributed by atoms with Crippen LogP contribution < -0.4 is 5.32 Å². The molecular weight excluding hydrogens is 567 g/mol. The summed E-state index contributed by atoms with van der Waals surface area (Å²) >= 11 is 6.31. The lowest BCUT2D eigenvalue weighted by molar-refractivity contribution is -0.127. The molecule has 1 fully saturated rings. The molecule has 2 unspecified atom stereocenters. The van der Waals surface area contributed by atoms with Crippen molar-refractivity contribution in [1.29, 1.82) is 0 Å². The molecule has 0 bridgehead atoms. The van der Waals surface area contributed by atoms with Crippen LogP contribution >= 0.6 is 20.0 Å². The number of nitrogens with one attached hydrogen (secondary N) is 1. The number of hydrogen-bond donors (Lipinski definition) is 3. The van der Waals surface area contributed by atoms with Crippen molar-refractivity contribution < 1.29 is 28.7 Å². The van der Waals surface area contributed by atoms with Crippen LogP contribution in [0.3, 0.4) is 0 Å². The van der Waals surface area contributed by atoms with Gasteiger partial charge in [-0.15, -0.1) is 0 Å². The Labute approximate surface area is 250 Å². The Hall–Kier alpha value is -1.88. The van der Waals surface area contributed by atoms with Gasteiger partial charge in [-0.1, -0.05) is 44.2 Å². The molecule has 0 saturated carbocycles. The van der Waals surface area contributed by atoms with Crippen LogP contribution in [0.15, 0.2) is 42.6 Å². The second-order valence-electron chi connectivity index (χ2n) is 9.53. The zero-order valence-electron chi connectivity index (χ0n) is 25.2. The summed E-state index contributed by atoms with van der Waals surface area (Å²) in [6.45, 7) is 14.3. The van der Waals surface area contributed by atoms with Crippen LogP contribution in [0.2, 0.25) is 5.28 Å². The number of nitrogens with zero attached hydrogens (tertiary/aromatic N) is 3. The van der Waals surface area contributed by atoms with E-state index in [0.29, 0.717) is 32.0 Å². The largest absolute Gasteiger partial charge is 0.369 e. The van der Waals surface area contributed by atoms with Gasteiger partial charge in [-0.05, 0) is 70.7 Å². The molecule has 0 aliphatic carbocycles. The van der Waals surface area contributed by atoms with E-state index in [0.717, 1.165) is 23.9 Å². The SMILES string of the molecule is CC.CC(C)(O)O.CCOP(COCC1CCC(n2ccc3c(N[C@H](C)c4ccccc4)nc(Cl)nc32)O1)OCC. The average Bonchev–Trinajstić information content (AvgIpc) is 3.57. The van der Waals surface area contributed by atoms with E-state index in [4.69, 9.17) is 40.3 Å². The Morgan fingerprint density at radius 3 is 2.34 bits per heavy atom. The van der Waals surface area contributed by atoms with E-state index in [1.165, 1.54) is 19.4 Å². The maximum Gasteiger partial charge on any atom is 0.226 e. The van der Waals surface area contributed by atoms with Crippen molar-refractivity contribution in [2.45, 2.75) is 85.5 Å². The van der Waals surface area contributed by atoms with Crippen molar-refractivity contribution in [2.75, 3.05) is 31.5 Å². The van der Waals surface area contributed by atoms with Crippen molar-refractivity contribution in [1.82, 2.24) is 14.5 Å². The normalized spacial score (nSPS) is 17.5. The lowest BCUT2D eigenvalue weighted by Crippen LogP contribution is -2.17. The molecule has 1 saturated heterocycles. The minimum absolute atomic E-state index is 0.00978. The Kier molecular flexibility index (Phi) is 15.4. The summed E-state index contributed by atoms with van der Waals surface area (Å²) in [5.41, 5.74) is 1.93. The quantitative estimate of drug-likeness (QED) is 0.112. The molecule has 41 heavy (non-hydrogen) atoms. The zero-order chi connectivity index (χ0) is 30.4. The van der Waals surface area contributed by atoms with Crippen LogP contribution in [-0.2, 0) is 18.5 Å². The lowest BCUT2D eigenvalue weighted by Gasteiger charge is -2.19. The number of benzene rings is 1. The first kappa shape index (κ1) is 35.3. The van der Waals surface area contributed by atoms with Crippen LogP contribution in [0.4, 0.5) is 5.82 Å². The average molecular weight is 613 g/mol. The van der Waals surface area contributed by atoms with Crippen LogP contribution in [0, 0.1) is 0 Å². The van der Waals surface area contributed by atoms with E-state index < -0.39 is 14.2 Å². The fourth-order valence-electron chi connectivity index (χ4n) is 4.05. The highest BCUT2D eigenvalue weighted by atomic mass is 35.5. The molecule has 0 spiro atoms. The number of aromatic nitrogens is 3. The minimum atomic E-state index is -1.50. The molecule has 2 aromatic heterocycles. The predicted octanol–water partition coefficient (Wildman–Crippen LogP) is 7.03. The Balaban J connectivity index is 0.000000759. The van der Waals surface area contributed by atoms with Gasteiger partial charge in [0.1, 0.15) is 24.0 Å². The molecule has 4 rings (SSSR count). The second kappa shape index (κ2) is 17.9. The van der Waals surface area contributed by atoms with Gasteiger partial charge >= 0.3 is 0 Å². The fourth-order valence-corrected chi connectivity index (χ4v) is 5.27. The highest BCUT2D eigenvalue weighted by Gasteiger charge is 2.29. The summed E-state index contributed by atoms with van der Waals surface area (Å²) in [5.74, 6) is -0.789. The molecule has 10 nitrogen and oxygen atoms in total. The molecule has 1 aromatic carbocycles. The first-order valence-corrected chi connectivity index (χ1v) is 15.9. The van der Waals surface area contributed by atoms with Gasteiger partial charge in [0.15, 0.2) is 14.2 Å². The fraction of sp³-hybridized carbons (Fsp3) is 0.586. The van der Waals surface area contributed by atoms with E-state index in [1.54, 1.807) is 0 Å². The summed E-state index contributed by atoms with van der Waals surface area (Å²) < 4.78 is 25.4. The van der Waals surface area contributed by atoms with E-state index in [-0.39, 0.29) is 23.7 Å². The van der Waals surface area contributed by atoms with Crippen molar-refractivity contribution in [3.8, 4) is 0 Å². The van der Waals surface area contributed by atoms with E-state index in [2.05, 4.69) is 34.3 Å². The number of anilines is 1. The standard InChI is InChI=1S/C24H32ClN4O4P.C3H8O2.C2H6/c1-4-31-34(32-5-2)16-30-15-19-11-12-21(33-19)29-14-13-20-22(27-24(25)28-23(20)29)26-17(3)18-9-7-6-8-10-18;1-3(2,4)5;1-2/h6-10,13-14,17,19,21H,4-5,11-12,15-16H2,1-3H3,(H,26,27,28);4-5H,1-2H3;1-2H3/t17-,19?,21?;;/m1../s1. The molecule has 3 atom stereocenters. The van der Waals surface area contributed by atoms with Gasteiger partial charge in [-0.3, -0.25) is 0 Å². The number of aliphatic hydroxyl groups is 2. The van der Waals surface area contributed by atoms with Gasteiger partial charge < -0.3 is 38.6 Å². The molecule has 3 aromatic rings. The van der Waals surface area contributed by atoms with Crippen molar-refractivity contribution in [2.24, 2.45) is 0 Å². The summed E-state index contributed by atoms with van der Waals surface area (Å²) in [7, 11) is -1.01. The predicted molar refractivity (Wildman–Crippen MR) is 165 cm³/mol. The molecule has 230 valence electrons. The Morgan fingerprint density at radius 1 is 1.10 bits per heavy atom. The minimum Gasteiger partial charge on any atom is -0.369 e. The Morgan fingerprint density at radius 2 is 1.73 bits per heavy atom. The monoisotopic (exact) mass is 612 g/mol. The molecule has 0 radical (unpaired) electrons.